The molecule has 1 heterocycles. The highest BCUT2D eigenvalue weighted by Crippen LogP contribution is 2.16. The van der Waals surface area contributed by atoms with Crippen molar-refractivity contribution in [1.82, 2.24) is 4.98 Å². The maximum Gasteiger partial charge on any atom is 0.262 e. The first kappa shape index (κ1) is 9.52. The Morgan fingerprint density at radius 3 is 2.58 bits per heavy atom. The van der Waals surface area contributed by atoms with E-state index in [1.807, 2.05) is 13.0 Å². The Balaban J connectivity index is 3.33. The lowest BCUT2D eigenvalue weighted by atomic mass is 10.1. The fourth-order valence-electron chi connectivity index (χ4n) is 1.21. The summed E-state index contributed by atoms with van der Waals surface area (Å²) in [5, 5.41) is 0. The van der Waals surface area contributed by atoms with Crippen LogP contribution in [0.4, 0.5) is 0 Å². The molecule has 0 aliphatic heterocycles. The number of aromatic nitrogens is 1. The predicted octanol–water partition coefficient (Wildman–Crippen LogP) is 2.57. The molecular weight excluding hydrogens is 218 g/mol. The third-order valence-electron chi connectivity index (χ3n) is 1.81. The number of nitrogens with one attached hydrogen (secondary N) is 1. The molecule has 0 radical (unpaired) electrons. The van der Waals surface area contributed by atoms with Gasteiger partial charge < -0.3 is 4.98 Å². The van der Waals surface area contributed by atoms with Crippen LogP contribution in [-0.4, -0.2) is 4.98 Å². The molecule has 0 spiro atoms. The lowest BCUT2D eigenvalue weighted by molar-refractivity contribution is 0.802. The van der Waals surface area contributed by atoms with Crippen molar-refractivity contribution in [1.29, 1.82) is 0 Å². The zero-order chi connectivity index (χ0) is 9.30. The molecule has 2 nitrogen and oxygen atoms in total. The van der Waals surface area contributed by atoms with Crippen LogP contribution in [0.2, 0.25) is 0 Å². The third-order valence-corrected chi connectivity index (χ3v) is 2.40. The van der Waals surface area contributed by atoms with Gasteiger partial charge in [-0.15, -0.1) is 0 Å². The van der Waals surface area contributed by atoms with E-state index in [2.05, 4.69) is 34.8 Å². The minimum absolute atomic E-state index is 0.0516. The largest absolute Gasteiger partial charge is 0.325 e. The van der Waals surface area contributed by atoms with Gasteiger partial charge in [0.1, 0.15) is 0 Å². The lowest BCUT2D eigenvalue weighted by Crippen LogP contribution is -2.12. The van der Waals surface area contributed by atoms with E-state index >= 15 is 0 Å². The number of aryl methyl sites for hydroxylation is 1. The summed E-state index contributed by atoms with van der Waals surface area (Å²) in [6.07, 6.45) is 0. The summed E-state index contributed by atoms with van der Waals surface area (Å²) in [4.78, 5) is 14.0. The van der Waals surface area contributed by atoms with Gasteiger partial charge in [-0.05, 0) is 40.4 Å². The molecule has 0 unspecified atom stereocenters. The van der Waals surface area contributed by atoms with Crippen LogP contribution in [0.5, 0.6) is 0 Å². The van der Waals surface area contributed by atoms with Crippen molar-refractivity contribution in [2.75, 3.05) is 0 Å². The van der Waals surface area contributed by atoms with E-state index in [1.165, 1.54) is 0 Å². The van der Waals surface area contributed by atoms with Crippen LogP contribution in [0.25, 0.3) is 0 Å². The van der Waals surface area contributed by atoms with Crippen molar-refractivity contribution in [2.24, 2.45) is 0 Å². The summed E-state index contributed by atoms with van der Waals surface area (Å²) in [5.41, 5.74) is 2.09. The van der Waals surface area contributed by atoms with Crippen LogP contribution >= 0.6 is 15.9 Å². The molecule has 0 bridgehead atoms. The van der Waals surface area contributed by atoms with Crippen LogP contribution in [0.15, 0.2) is 15.3 Å². The summed E-state index contributed by atoms with van der Waals surface area (Å²) in [6, 6.07) is 1.86. The van der Waals surface area contributed by atoms with E-state index in [-0.39, 0.29) is 5.56 Å². The van der Waals surface area contributed by atoms with Gasteiger partial charge in [0.15, 0.2) is 0 Å². The number of aromatic amines is 1. The summed E-state index contributed by atoms with van der Waals surface area (Å²) in [7, 11) is 0. The molecule has 3 heteroatoms. The van der Waals surface area contributed by atoms with Gasteiger partial charge >= 0.3 is 0 Å². The maximum absolute atomic E-state index is 11.2. The van der Waals surface area contributed by atoms with E-state index in [0.717, 1.165) is 11.3 Å². The number of hydrogen-bond acceptors (Lipinski definition) is 1. The maximum atomic E-state index is 11.2. The SMILES string of the molecule is Cc1cc(Br)c(=O)[nH]c1C(C)C. The van der Waals surface area contributed by atoms with Gasteiger partial charge in [0.25, 0.3) is 5.56 Å². The predicted molar refractivity (Wildman–Crippen MR) is 53.6 cm³/mol. The molecule has 1 aromatic rings. The molecule has 0 saturated carbocycles. The van der Waals surface area contributed by atoms with Crippen molar-refractivity contribution in [2.45, 2.75) is 26.7 Å². The highest BCUT2D eigenvalue weighted by atomic mass is 79.9. The first-order valence-electron chi connectivity index (χ1n) is 3.91. The van der Waals surface area contributed by atoms with Crippen molar-refractivity contribution < 1.29 is 0 Å². The lowest BCUT2D eigenvalue weighted by Gasteiger charge is -2.08. The minimum atomic E-state index is -0.0516. The van der Waals surface area contributed by atoms with Gasteiger partial charge in [-0.3, -0.25) is 4.79 Å². The van der Waals surface area contributed by atoms with Crippen molar-refractivity contribution in [3.05, 3.63) is 32.2 Å². The monoisotopic (exact) mass is 229 g/mol. The standard InChI is InChI=1S/C9H12BrNO/c1-5(2)8-6(3)4-7(10)9(12)11-8/h4-5H,1-3H3,(H,11,12). The number of halogens is 1. The van der Waals surface area contributed by atoms with Crippen LogP contribution in [-0.2, 0) is 0 Å². The average Bonchev–Trinajstić information content (AvgIpc) is 1.96. The van der Waals surface area contributed by atoms with E-state index < -0.39 is 0 Å². The number of H-pyrrole nitrogens is 1. The Bertz CT molecular complexity index is 341. The fourth-order valence-corrected chi connectivity index (χ4v) is 1.66. The second-order valence-electron chi connectivity index (χ2n) is 3.20. The third kappa shape index (κ3) is 1.78. The van der Waals surface area contributed by atoms with E-state index in [9.17, 15) is 4.79 Å². The number of hydrogen-bond donors (Lipinski definition) is 1. The highest BCUT2D eigenvalue weighted by Gasteiger charge is 2.06. The quantitative estimate of drug-likeness (QED) is 0.790. The highest BCUT2D eigenvalue weighted by molar-refractivity contribution is 9.10. The molecule has 1 rings (SSSR count). The Hall–Kier alpha value is -0.570. The van der Waals surface area contributed by atoms with Crippen LogP contribution < -0.4 is 5.56 Å². The molecule has 0 aliphatic rings. The summed E-state index contributed by atoms with van der Waals surface area (Å²) >= 11 is 3.19. The minimum Gasteiger partial charge on any atom is -0.325 e. The van der Waals surface area contributed by atoms with Gasteiger partial charge in [-0.1, -0.05) is 13.8 Å². The second-order valence-corrected chi connectivity index (χ2v) is 4.05. The van der Waals surface area contributed by atoms with Crippen molar-refractivity contribution in [3.63, 3.8) is 0 Å². The molecule has 0 amide bonds. The first-order valence-corrected chi connectivity index (χ1v) is 4.71. The second kappa shape index (κ2) is 3.44. The van der Waals surface area contributed by atoms with Gasteiger partial charge in [0.2, 0.25) is 0 Å². The van der Waals surface area contributed by atoms with E-state index in [4.69, 9.17) is 0 Å². The molecule has 12 heavy (non-hydrogen) atoms. The van der Waals surface area contributed by atoms with Crippen molar-refractivity contribution in [3.8, 4) is 0 Å². The van der Waals surface area contributed by atoms with Gasteiger partial charge in [-0.25, -0.2) is 0 Å². The number of pyridine rings is 1. The van der Waals surface area contributed by atoms with Gasteiger partial charge in [0.05, 0.1) is 4.47 Å². The molecule has 66 valence electrons. The topological polar surface area (TPSA) is 32.9 Å². The number of rotatable bonds is 1. The summed E-state index contributed by atoms with van der Waals surface area (Å²) in [6.45, 7) is 6.12. The van der Waals surface area contributed by atoms with Crippen LogP contribution in [0.3, 0.4) is 0 Å². The zero-order valence-electron chi connectivity index (χ0n) is 7.44. The smallest absolute Gasteiger partial charge is 0.262 e. The van der Waals surface area contributed by atoms with E-state index in [0.29, 0.717) is 10.4 Å². The molecule has 0 saturated heterocycles. The van der Waals surface area contributed by atoms with Crippen molar-refractivity contribution >= 4 is 15.9 Å². The summed E-state index contributed by atoms with van der Waals surface area (Å²) in [5.74, 6) is 0.366. The molecular formula is C9H12BrNO. The first-order chi connectivity index (χ1) is 5.52. The fraction of sp³-hybridized carbons (Fsp3) is 0.444. The van der Waals surface area contributed by atoms with Crippen LogP contribution in [0, 0.1) is 6.92 Å². The molecule has 0 atom stereocenters. The van der Waals surface area contributed by atoms with Gasteiger partial charge in [0, 0.05) is 5.69 Å². The average molecular weight is 230 g/mol. The van der Waals surface area contributed by atoms with Gasteiger partial charge in [-0.2, -0.15) is 0 Å². The Labute approximate surface area is 80.1 Å². The Morgan fingerprint density at radius 2 is 2.08 bits per heavy atom. The Morgan fingerprint density at radius 1 is 1.50 bits per heavy atom. The Kier molecular flexibility index (Phi) is 2.73. The zero-order valence-corrected chi connectivity index (χ0v) is 9.03. The molecule has 1 N–H and O–H groups in total. The van der Waals surface area contributed by atoms with E-state index in [1.54, 1.807) is 0 Å². The molecule has 0 aromatic carbocycles. The van der Waals surface area contributed by atoms with Crippen LogP contribution in [0.1, 0.15) is 31.0 Å². The summed E-state index contributed by atoms with van der Waals surface area (Å²) < 4.78 is 0.601. The molecule has 1 aromatic heterocycles. The molecule has 0 aliphatic carbocycles. The molecule has 0 fully saturated rings. The normalized spacial score (nSPS) is 10.8.